The number of hydrogen-bond acceptors (Lipinski definition) is 4. The molecule has 0 aliphatic carbocycles. The van der Waals surface area contributed by atoms with E-state index in [1.807, 2.05) is 24.3 Å². The molecular weight excluding hydrogens is 270 g/mol. The Morgan fingerprint density at radius 2 is 2.11 bits per heavy atom. The third-order valence-corrected chi connectivity index (χ3v) is 4.45. The molecule has 5 heteroatoms. The Kier molecular flexibility index (Phi) is 4.25. The Bertz CT molecular complexity index is 539. The van der Waals surface area contributed by atoms with Crippen LogP contribution < -0.4 is 5.32 Å². The molecule has 0 fully saturated rings. The van der Waals surface area contributed by atoms with E-state index in [1.54, 1.807) is 18.3 Å². The van der Waals surface area contributed by atoms with Crippen LogP contribution in [0.25, 0.3) is 10.1 Å². The van der Waals surface area contributed by atoms with E-state index in [2.05, 4.69) is 5.32 Å². The van der Waals surface area contributed by atoms with Crippen LogP contribution in [0, 0.1) is 0 Å². The van der Waals surface area contributed by atoms with Crippen LogP contribution in [-0.2, 0) is 6.54 Å². The fraction of sp³-hybridized carbons (Fsp3) is 0.385. The molecule has 98 valence electrons. The monoisotopic (exact) mass is 285 g/mol. The van der Waals surface area contributed by atoms with Crippen LogP contribution in [0.1, 0.15) is 11.8 Å². The molecule has 0 saturated carbocycles. The minimum Gasteiger partial charge on any atom is -0.393 e. The Labute approximate surface area is 115 Å². The zero-order valence-electron chi connectivity index (χ0n) is 10.1. The lowest BCUT2D eigenvalue weighted by Gasteiger charge is -2.20. The van der Waals surface area contributed by atoms with Gasteiger partial charge in [0.05, 0.1) is 17.2 Å². The zero-order chi connectivity index (χ0) is 13.2. The molecule has 3 nitrogen and oxygen atoms in total. The summed E-state index contributed by atoms with van der Waals surface area (Å²) in [6, 6.07) is 8.00. The maximum Gasteiger partial charge on any atom is 0.0972 e. The van der Waals surface area contributed by atoms with Crippen molar-refractivity contribution in [2.45, 2.75) is 19.1 Å². The molecule has 18 heavy (non-hydrogen) atoms. The van der Waals surface area contributed by atoms with Gasteiger partial charge in [0.15, 0.2) is 0 Å². The predicted molar refractivity (Wildman–Crippen MR) is 76.3 cm³/mol. The number of halogens is 1. The summed E-state index contributed by atoms with van der Waals surface area (Å²) in [5, 5.41) is 23.6. The van der Waals surface area contributed by atoms with Crippen molar-refractivity contribution < 1.29 is 10.2 Å². The highest BCUT2D eigenvalue weighted by atomic mass is 35.5. The van der Waals surface area contributed by atoms with E-state index >= 15 is 0 Å². The highest BCUT2D eigenvalue weighted by Gasteiger charge is 2.18. The first-order chi connectivity index (χ1) is 8.53. The number of benzene rings is 1. The molecule has 0 spiro atoms. The number of aliphatic hydroxyl groups is 2. The van der Waals surface area contributed by atoms with Crippen LogP contribution in [0.2, 0.25) is 5.02 Å². The van der Waals surface area contributed by atoms with Gasteiger partial charge in [-0.3, -0.25) is 0 Å². The van der Waals surface area contributed by atoms with Crippen molar-refractivity contribution in [1.82, 2.24) is 5.32 Å². The van der Waals surface area contributed by atoms with Gasteiger partial charge in [-0.2, -0.15) is 0 Å². The average Bonchev–Trinajstić information content (AvgIpc) is 2.67. The molecule has 1 atom stereocenters. The SMILES string of the molecule is CC(O)(CO)CNCc1sc2ccccc2c1Cl. The fourth-order valence-corrected chi connectivity index (χ4v) is 3.15. The Morgan fingerprint density at radius 1 is 1.39 bits per heavy atom. The summed E-state index contributed by atoms with van der Waals surface area (Å²) in [5.41, 5.74) is -1.09. The molecule has 1 aromatic carbocycles. The van der Waals surface area contributed by atoms with Gasteiger partial charge < -0.3 is 15.5 Å². The highest BCUT2D eigenvalue weighted by molar-refractivity contribution is 7.19. The van der Waals surface area contributed by atoms with E-state index < -0.39 is 5.60 Å². The molecule has 0 amide bonds. The Balaban J connectivity index is 2.06. The van der Waals surface area contributed by atoms with Crippen molar-refractivity contribution in [2.75, 3.05) is 13.2 Å². The van der Waals surface area contributed by atoms with Crippen LogP contribution in [0.5, 0.6) is 0 Å². The summed E-state index contributed by atoms with van der Waals surface area (Å²) in [7, 11) is 0. The van der Waals surface area contributed by atoms with Crippen molar-refractivity contribution in [1.29, 1.82) is 0 Å². The molecular formula is C13H16ClNO2S. The topological polar surface area (TPSA) is 52.5 Å². The second-order valence-corrected chi connectivity index (χ2v) is 6.11. The van der Waals surface area contributed by atoms with Crippen molar-refractivity contribution in [3.8, 4) is 0 Å². The van der Waals surface area contributed by atoms with E-state index in [4.69, 9.17) is 16.7 Å². The summed E-state index contributed by atoms with van der Waals surface area (Å²) in [5.74, 6) is 0. The molecule has 0 bridgehead atoms. The first-order valence-corrected chi connectivity index (χ1v) is 6.93. The standard InChI is InChI=1S/C13H16ClNO2S/c1-13(17,8-16)7-15-6-11-12(14)9-4-2-3-5-10(9)18-11/h2-5,15-17H,6-8H2,1H3. The molecule has 0 saturated heterocycles. The predicted octanol–water partition coefficient (Wildman–Crippen LogP) is 2.39. The molecule has 2 aromatic rings. The molecule has 1 unspecified atom stereocenters. The number of nitrogens with one attached hydrogen (secondary N) is 1. The molecule has 3 N–H and O–H groups in total. The first-order valence-electron chi connectivity index (χ1n) is 5.73. The third kappa shape index (κ3) is 3.02. The maximum absolute atomic E-state index is 9.67. The fourth-order valence-electron chi connectivity index (χ4n) is 1.68. The summed E-state index contributed by atoms with van der Waals surface area (Å²) in [6.45, 7) is 2.25. The molecule has 0 aliphatic heterocycles. The Hall–Kier alpha value is -0.650. The number of hydrogen-bond donors (Lipinski definition) is 3. The smallest absolute Gasteiger partial charge is 0.0972 e. The second-order valence-electron chi connectivity index (χ2n) is 4.59. The van der Waals surface area contributed by atoms with E-state index in [0.717, 1.165) is 20.0 Å². The average molecular weight is 286 g/mol. The number of aliphatic hydroxyl groups excluding tert-OH is 1. The molecule has 0 aliphatic rings. The largest absolute Gasteiger partial charge is 0.393 e. The van der Waals surface area contributed by atoms with E-state index in [0.29, 0.717) is 13.1 Å². The van der Waals surface area contributed by atoms with Gasteiger partial charge in [-0.1, -0.05) is 29.8 Å². The number of thiophene rings is 1. The first kappa shape index (κ1) is 13.8. The molecule has 1 aromatic heterocycles. The molecule has 0 radical (unpaired) electrons. The lowest BCUT2D eigenvalue weighted by molar-refractivity contribution is 0.00258. The van der Waals surface area contributed by atoms with Crippen LogP contribution in [-0.4, -0.2) is 29.0 Å². The van der Waals surface area contributed by atoms with Crippen molar-refractivity contribution >= 4 is 33.0 Å². The van der Waals surface area contributed by atoms with Crippen LogP contribution in [0.4, 0.5) is 0 Å². The minimum atomic E-state index is -1.09. The van der Waals surface area contributed by atoms with Crippen molar-refractivity contribution in [3.05, 3.63) is 34.2 Å². The molecule has 2 rings (SSSR count). The highest BCUT2D eigenvalue weighted by Crippen LogP contribution is 2.34. The van der Waals surface area contributed by atoms with Gasteiger partial charge in [0.1, 0.15) is 0 Å². The number of fused-ring (bicyclic) bond motifs is 1. The van der Waals surface area contributed by atoms with Gasteiger partial charge in [0.25, 0.3) is 0 Å². The van der Waals surface area contributed by atoms with Gasteiger partial charge >= 0.3 is 0 Å². The summed E-state index contributed by atoms with van der Waals surface area (Å²) >= 11 is 7.94. The van der Waals surface area contributed by atoms with Gasteiger partial charge in [0, 0.05) is 28.1 Å². The second kappa shape index (κ2) is 5.55. The van der Waals surface area contributed by atoms with Crippen LogP contribution in [0.15, 0.2) is 24.3 Å². The summed E-state index contributed by atoms with van der Waals surface area (Å²) < 4.78 is 1.16. The van der Waals surface area contributed by atoms with Gasteiger partial charge in [-0.05, 0) is 13.0 Å². The van der Waals surface area contributed by atoms with Crippen LogP contribution >= 0.6 is 22.9 Å². The lowest BCUT2D eigenvalue weighted by atomic mass is 10.1. The maximum atomic E-state index is 9.67. The van der Waals surface area contributed by atoms with Gasteiger partial charge in [0.2, 0.25) is 0 Å². The van der Waals surface area contributed by atoms with E-state index in [-0.39, 0.29) is 6.61 Å². The van der Waals surface area contributed by atoms with Crippen molar-refractivity contribution in [2.24, 2.45) is 0 Å². The Morgan fingerprint density at radius 3 is 2.78 bits per heavy atom. The third-order valence-electron chi connectivity index (χ3n) is 2.73. The summed E-state index contributed by atoms with van der Waals surface area (Å²) in [4.78, 5) is 1.05. The quantitative estimate of drug-likeness (QED) is 0.791. The number of rotatable bonds is 5. The minimum absolute atomic E-state index is 0.264. The van der Waals surface area contributed by atoms with Crippen LogP contribution in [0.3, 0.4) is 0 Å². The zero-order valence-corrected chi connectivity index (χ0v) is 11.7. The van der Waals surface area contributed by atoms with Crippen molar-refractivity contribution in [3.63, 3.8) is 0 Å². The normalized spacial score (nSPS) is 14.9. The molecule has 1 heterocycles. The van der Waals surface area contributed by atoms with E-state index in [1.165, 1.54) is 0 Å². The lowest BCUT2D eigenvalue weighted by Crippen LogP contribution is -2.40. The van der Waals surface area contributed by atoms with Gasteiger partial charge in [-0.25, -0.2) is 0 Å². The van der Waals surface area contributed by atoms with Gasteiger partial charge in [-0.15, -0.1) is 11.3 Å². The summed E-state index contributed by atoms with van der Waals surface area (Å²) in [6.07, 6.45) is 0. The van der Waals surface area contributed by atoms with E-state index in [9.17, 15) is 5.11 Å².